The predicted octanol–water partition coefficient (Wildman–Crippen LogP) is 4.65. The third kappa shape index (κ3) is 3.68. The van der Waals surface area contributed by atoms with E-state index in [1.807, 2.05) is 26.0 Å². The second kappa shape index (κ2) is 7.38. The van der Waals surface area contributed by atoms with Gasteiger partial charge in [-0.25, -0.2) is 0 Å². The van der Waals surface area contributed by atoms with Crippen molar-refractivity contribution in [3.63, 3.8) is 0 Å². The number of nitrogens with one attached hydrogen (secondary N) is 1. The highest BCUT2D eigenvalue weighted by molar-refractivity contribution is 6.30. The molecule has 0 spiro atoms. The average Bonchev–Trinajstić information content (AvgIpc) is 3.03. The number of ketones is 1. The van der Waals surface area contributed by atoms with Crippen LogP contribution in [0.2, 0.25) is 5.02 Å². The molecular formula is C20H20ClNO4. The third-order valence-corrected chi connectivity index (χ3v) is 4.58. The number of halogens is 1. The Bertz CT molecular complexity index is 846. The van der Waals surface area contributed by atoms with Crippen LogP contribution in [0.15, 0.2) is 36.4 Å². The number of amides is 1. The van der Waals surface area contributed by atoms with E-state index in [1.165, 1.54) is 6.92 Å². The van der Waals surface area contributed by atoms with Crippen molar-refractivity contribution >= 4 is 29.0 Å². The predicted molar refractivity (Wildman–Crippen MR) is 100 cm³/mol. The van der Waals surface area contributed by atoms with Crippen molar-refractivity contribution in [2.75, 3.05) is 12.1 Å². The summed E-state index contributed by atoms with van der Waals surface area (Å²) in [7, 11) is 0. The molecule has 136 valence electrons. The molecule has 26 heavy (non-hydrogen) atoms. The van der Waals surface area contributed by atoms with E-state index in [9.17, 15) is 9.59 Å². The zero-order valence-electron chi connectivity index (χ0n) is 14.8. The number of carbonyl (C=O) groups excluding carboxylic acids is 2. The number of carbonyl (C=O) groups is 2. The molecule has 1 aliphatic rings. The summed E-state index contributed by atoms with van der Waals surface area (Å²) in [4.78, 5) is 25.0. The number of hydrogen-bond acceptors (Lipinski definition) is 4. The summed E-state index contributed by atoms with van der Waals surface area (Å²) in [5.74, 6) is 0.350. The van der Waals surface area contributed by atoms with Crippen molar-refractivity contribution in [1.29, 1.82) is 0 Å². The van der Waals surface area contributed by atoms with Crippen molar-refractivity contribution in [3.8, 4) is 11.5 Å². The average molecular weight is 374 g/mol. The van der Waals surface area contributed by atoms with Gasteiger partial charge >= 0.3 is 0 Å². The molecule has 0 fully saturated rings. The van der Waals surface area contributed by atoms with Gasteiger partial charge in [-0.2, -0.15) is 0 Å². The number of rotatable bonds is 5. The van der Waals surface area contributed by atoms with Crippen LogP contribution in [0.1, 0.15) is 42.6 Å². The molecule has 2 aromatic carbocycles. The van der Waals surface area contributed by atoms with Crippen LogP contribution in [0.3, 0.4) is 0 Å². The molecule has 0 bridgehead atoms. The lowest BCUT2D eigenvalue weighted by Crippen LogP contribution is -2.26. The van der Waals surface area contributed by atoms with Gasteiger partial charge in [0.15, 0.2) is 17.3 Å². The zero-order chi connectivity index (χ0) is 18.8. The number of hydrogen-bond donors (Lipinski definition) is 1. The first-order chi connectivity index (χ1) is 12.4. The monoisotopic (exact) mass is 373 g/mol. The van der Waals surface area contributed by atoms with E-state index in [0.29, 0.717) is 27.8 Å². The van der Waals surface area contributed by atoms with E-state index < -0.39 is 0 Å². The van der Waals surface area contributed by atoms with Crippen molar-refractivity contribution in [2.45, 2.75) is 26.7 Å². The van der Waals surface area contributed by atoms with Gasteiger partial charge in [0.25, 0.3) is 0 Å². The highest BCUT2D eigenvalue weighted by Gasteiger charge is 2.27. The van der Waals surface area contributed by atoms with E-state index in [1.54, 1.807) is 24.3 Å². The maximum absolute atomic E-state index is 13.0. The lowest BCUT2D eigenvalue weighted by molar-refractivity contribution is -0.118. The van der Waals surface area contributed by atoms with Crippen LogP contribution in [0, 0.1) is 5.92 Å². The molecule has 1 N–H and O–H groups in total. The number of anilines is 1. The zero-order valence-corrected chi connectivity index (χ0v) is 15.6. The second-order valence-corrected chi connectivity index (χ2v) is 7.01. The molecule has 2 aromatic rings. The van der Waals surface area contributed by atoms with Crippen molar-refractivity contribution < 1.29 is 19.1 Å². The van der Waals surface area contributed by atoms with Crippen LogP contribution >= 0.6 is 11.6 Å². The molecule has 1 aliphatic heterocycles. The van der Waals surface area contributed by atoms with Gasteiger partial charge in [-0.1, -0.05) is 37.6 Å². The fraction of sp³-hybridized carbons (Fsp3) is 0.300. The first kappa shape index (κ1) is 18.3. The summed E-state index contributed by atoms with van der Waals surface area (Å²) < 4.78 is 10.7. The maximum atomic E-state index is 13.0. The normalized spacial score (nSPS) is 13.6. The minimum absolute atomic E-state index is 0.0611. The van der Waals surface area contributed by atoms with Crippen molar-refractivity contribution in [2.24, 2.45) is 5.92 Å². The summed E-state index contributed by atoms with van der Waals surface area (Å²) in [5.41, 5.74) is 1.68. The number of Topliss-reactive ketones (excluding diaryl/α,β-unsaturated/α-hetero) is 1. The molecule has 0 saturated heterocycles. The van der Waals surface area contributed by atoms with Gasteiger partial charge in [0, 0.05) is 16.7 Å². The van der Waals surface area contributed by atoms with Gasteiger partial charge in [-0.3, -0.25) is 9.59 Å². The van der Waals surface area contributed by atoms with Crippen LogP contribution < -0.4 is 14.8 Å². The van der Waals surface area contributed by atoms with Gasteiger partial charge in [-0.05, 0) is 36.6 Å². The van der Waals surface area contributed by atoms with Crippen LogP contribution in [-0.2, 0) is 4.79 Å². The second-order valence-electron chi connectivity index (χ2n) is 6.57. The number of ether oxygens (including phenoxy) is 2. The Hall–Kier alpha value is -2.53. The van der Waals surface area contributed by atoms with E-state index >= 15 is 0 Å². The van der Waals surface area contributed by atoms with E-state index in [-0.39, 0.29) is 30.3 Å². The van der Waals surface area contributed by atoms with Crippen molar-refractivity contribution in [3.05, 3.63) is 52.5 Å². The Morgan fingerprint density at radius 2 is 1.69 bits per heavy atom. The molecule has 0 aromatic heterocycles. The molecule has 0 saturated carbocycles. The highest BCUT2D eigenvalue weighted by Crippen LogP contribution is 2.38. The Morgan fingerprint density at radius 1 is 1.08 bits per heavy atom. The fourth-order valence-corrected chi connectivity index (χ4v) is 3.18. The van der Waals surface area contributed by atoms with E-state index in [0.717, 1.165) is 5.56 Å². The van der Waals surface area contributed by atoms with Crippen molar-refractivity contribution in [1.82, 2.24) is 0 Å². The summed E-state index contributed by atoms with van der Waals surface area (Å²) in [5, 5.41) is 3.50. The highest BCUT2D eigenvalue weighted by atomic mass is 35.5. The number of benzene rings is 2. The summed E-state index contributed by atoms with van der Waals surface area (Å²) in [6, 6.07) is 10.5. The first-order valence-electron chi connectivity index (χ1n) is 8.37. The summed E-state index contributed by atoms with van der Waals surface area (Å²) in [6.45, 7) is 5.50. The SMILES string of the molecule is CC(=O)c1cc2c(cc1NC(=O)[C@@H](c1ccc(Cl)cc1)C(C)C)OCO2. The van der Waals surface area contributed by atoms with Gasteiger partial charge in [0.2, 0.25) is 12.7 Å². The molecule has 5 nitrogen and oxygen atoms in total. The largest absolute Gasteiger partial charge is 0.454 e. The lowest BCUT2D eigenvalue weighted by atomic mass is 9.87. The molecule has 1 heterocycles. The van der Waals surface area contributed by atoms with E-state index in [2.05, 4.69) is 5.32 Å². The summed E-state index contributed by atoms with van der Waals surface area (Å²) in [6.07, 6.45) is 0. The molecule has 6 heteroatoms. The molecule has 1 atom stereocenters. The summed E-state index contributed by atoms with van der Waals surface area (Å²) >= 11 is 5.95. The van der Waals surface area contributed by atoms with Gasteiger partial charge in [0.05, 0.1) is 11.6 Å². The van der Waals surface area contributed by atoms with Crippen LogP contribution in [0.5, 0.6) is 11.5 Å². The third-order valence-electron chi connectivity index (χ3n) is 4.33. The van der Waals surface area contributed by atoms with E-state index in [4.69, 9.17) is 21.1 Å². The smallest absolute Gasteiger partial charge is 0.232 e. The minimum Gasteiger partial charge on any atom is -0.454 e. The van der Waals surface area contributed by atoms with Crippen LogP contribution in [-0.4, -0.2) is 18.5 Å². The topological polar surface area (TPSA) is 64.6 Å². The number of fused-ring (bicyclic) bond motifs is 1. The van der Waals surface area contributed by atoms with Crippen LogP contribution in [0.25, 0.3) is 0 Å². The fourth-order valence-electron chi connectivity index (χ4n) is 3.06. The molecule has 1 amide bonds. The lowest BCUT2D eigenvalue weighted by Gasteiger charge is -2.21. The molecular weight excluding hydrogens is 354 g/mol. The van der Waals surface area contributed by atoms with Crippen LogP contribution in [0.4, 0.5) is 5.69 Å². The Morgan fingerprint density at radius 3 is 2.27 bits per heavy atom. The molecule has 0 unspecified atom stereocenters. The minimum atomic E-state index is -0.377. The first-order valence-corrected chi connectivity index (χ1v) is 8.75. The standard InChI is InChI=1S/C20H20ClNO4/c1-11(2)19(13-4-6-14(21)7-5-13)20(24)22-16-9-18-17(25-10-26-18)8-15(16)12(3)23/h4-9,11,19H,10H2,1-3H3,(H,22,24)/t19-/m1/s1. The molecule has 0 aliphatic carbocycles. The maximum Gasteiger partial charge on any atom is 0.232 e. The Balaban J connectivity index is 1.92. The Kier molecular flexibility index (Phi) is 5.18. The quantitative estimate of drug-likeness (QED) is 0.775. The van der Waals surface area contributed by atoms with Gasteiger partial charge < -0.3 is 14.8 Å². The van der Waals surface area contributed by atoms with Gasteiger partial charge in [0.1, 0.15) is 0 Å². The van der Waals surface area contributed by atoms with Gasteiger partial charge in [-0.15, -0.1) is 0 Å². The molecule has 3 rings (SSSR count). The molecule has 0 radical (unpaired) electrons. The Labute approximate surface area is 157 Å².